The van der Waals surface area contributed by atoms with Crippen LogP contribution >= 0.6 is 0 Å². The molecule has 1 aliphatic heterocycles. The molecule has 1 fully saturated rings. The summed E-state index contributed by atoms with van der Waals surface area (Å²) in [4.78, 5) is 35.0. The molecule has 0 spiro atoms. The highest BCUT2D eigenvalue weighted by atomic mass is 16.5. The summed E-state index contributed by atoms with van der Waals surface area (Å²) in [6, 6.07) is 9.16. The van der Waals surface area contributed by atoms with Gasteiger partial charge < -0.3 is 29.4 Å². The van der Waals surface area contributed by atoms with Crippen LogP contribution in [-0.2, 0) is 4.79 Å². The normalized spacial score (nSPS) is 14.3. The van der Waals surface area contributed by atoms with Crippen molar-refractivity contribution in [2.24, 2.45) is 5.92 Å². The second-order valence-electron chi connectivity index (χ2n) is 8.95. The number of ether oxygens (including phenoxy) is 3. The molecular formula is C26H32N4O5. The number of hydrogen-bond acceptors (Lipinski definition) is 7. The minimum Gasteiger partial charge on any atom is -0.497 e. The van der Waals surface area contributed by atoms with E-state index in [2.05, 4.69) is 10.3 Å². The van der Waals surface area contributed by atoms with Gasteiger partial charge in [-0.15, -0.1) is 0 Å². The molecule has 0 aliphatic carbocycles. The summed E-state index contributed by atoms with van der Waals surface area (Å²) in [7, 11) is 4.68. The summed E-state index contributed by atoms with van der Waals surface area (Å²) in [6.07, 6.45) is 1.65. The van der Waals surface area contributed by atoms with E-state index in [1.54, 1.807) is 26.4 Å². The molecule has 0 saturated carbocycles. The molecule has 1 aromatic heterocycles. The molecule has 0 bridgehead atoms. The number of carbonyl (C=O) groups excluding carboxylic acids is 1. The van der Waals surface area contributed by atoms with Crippen LogP contribution in [0.4, 0.5) is 5.69 Å². The number of aromatic amines is 1. The average Bonchev–Trinajstić information content (AvgIpc) is 2.87. The summed E-state index contributed by atoms with van der Waals surface area (Å²) in [6.45, 7) is 5.27. The molecule has 2 aromatic carbocycles. The molecule has 0 atom stereocenters. The number of carbonyl (C=O) groups is 1. The van der Waals surface area contributed by atoms with Crippen molar-refractivity contribution < 1.29 is 19.0 Å². The topological polar surface area (TPSA) is 106 Å². The summed E-state index contributed by atoms with van der Waals surface area (Å²) in [5.41, 5.74) is 1.72. The maximum Gasteiger partial charge on any atom is 0.262 e. The molecule has 9 heteroatoms. The smallest absolute Gasteiger partial charge is 0.262 e. The number of piperidine rings is 1. The van der Waals surface area contributed by atoms with Crippen LogP contribution in [-0.4, -0.2) is 61.2 Å². The fraction of sp³-hybridized carbons (Fsp3) is 0.423. The van der Waals surface area contributed by atoms with E-state index in [1.807, 2.05) is 36.9 Å². The van der Waals surface area contributed by atoms with Crippen molar-refractivity contribution >= 4 is 22.5 Å². The number of H-pyrrole nitrogens is 1. The molecule has 9 nitrogen and oxygen atoms in total. The van der Waals surface area contributed by atoms with Gasteiger partial charge in [-0.3, -0.25) is 9.59 Å². The highest BCUT2D eigenvalue weighted by molar-refractivity contribution is 5.88. The minimum atomic E-state index is -0.299. The van der Waals surface area contributed by atoms with Gasteiger partial charge in [0.05, 0.1) is 26.8 Å². The number of rotatable bonds is 7. The Bertz CT molecular complexity index is 1280. The fourth-order valence-corrected chi connectivity index (χ4v) is 4.42. The number of anilines is 1. The largest absolute Gasteiger partial charge is 0.497 e. The van der Waals surface area contributed by atoms with Crippen LogP contribution in [0.1, 0.15) is 26.7 Å². The molecule has 1 amide bonds. The number of aromatic nitrogens is 2. The first-order chi connectivity index (χ1) is 16.8. The molecule has 1 saturated heterocycles. The van der Waals surface area contributed by atoms with E-state index in [9.17, 15) is 9.59 Å². The zero-order valence-corrected chi connectivity index (χ0v) is 20.8. The van der Waals surface area contributed by atoms with Crippen LogP contribution in [0.15, 0.2) is 35.1 Å². The molecule has 2 heterocycles. The average molecular weight is 481 g/mol. The van der Waals surface area contributed by atoms with E-state index >= 15 is 0 Å². The van der Waals surface area contributed by atoms with Gasteiger partial charge in [0, 0.05) is 54.5 Å². The number of fused-ring (bicyclic) bond motifs is 1. The van der Waals surface area contributed by atoms with E-state index in [4.69, 9.17) is 19.2 Å². The lowest BCUT2D eigenvalue weighted by molar-refractivity contribution is -0.135. The third-order valence-electron chi connectivity index (χ3n) is 6.34. The maximum atomic E-state index is 13.0. The lowest BCUT2D eigenvalue weighted by atomic mass is 10.0. The second kappa shape index (κ2) is 10.2. The van der Waals surface area contributed by atoms with Gasteiger partial charge in [-0.2, -0.15) is 0 Å². The Morgan fingerprint density at radius 2 is 1.77 bits per heavy atom. The molecule has 35 heavy (non-hydrogen) atoms. The number of likely N-dealkylation sites (tertiary alicyclic amines) is 1. The number of hydrogen-bond donors (Lipinski definition) is 2. The van der Waals surface area contributed by atoms with Crippen molar-refractivity contribution in [1.29, 1.82) is 0 Å². The number of methoxy groups -OCH3 is 3. The zero-order chi connectivity index (χ0) is 25.1. The lowest BCUT2D eigenvalue weighted by Crippen LogP contribution is -2.44. The highest BCUT2D eigenvalue weighted by Crippen LogP contribution is 2.33. The van der Waals surface area contributed by atoms with Crippen LogP contribution in [0.2, 0.25) is 0 Å². The SMILES string of the molecule is COc1ccc(-c2nc3cc(OC)cc(OC)c3c(=O)[nH]2)c(NC2CCN(C(=O)C(C)C)CC2)c1. The van der Waals surface area contributed by atoms with E-state index in [-0.39, 0.29) is 23.4 Å². The van der Waals surface area contributed by atoms with Gasteiger partial charge in [-0.05, 0) is 25.0 Å². The van der Waals surface area contributed by atoms with Crippen molar-refractivity contribution in [2.45, 2.75) is 32.7 Å². The Hall–Kier alpha value is -3.75. The summed E-state index contributed by atoms with van der Waals surface area (Å²) < 4.78 is 16.2. The molecule has 0 unspecified atom stereocenters. The van der Waals surface area contributed by atoms with Crippen molar-refractivity contribution in [3.8, 4) is 28.6 Å². The summed E-state index contributed by atoms with van der Waals surface area (Å²) in [5.74, 6) is 2.25. The van der Waals surface area contributed by atoms with E-state index in [1.165, 1.54) is 7.11 Å². The number of benzene rings is 2. The zero-order valence-electron chi connectivity index (χ0n) is 20.8. The van der Waals surface area contributed by atoms with Crippen LogP contribution < -0.4 is 25.1 Å². The van der Waals surface area contributed by atoms with E-state index in [0.717, 1.165) is 24.1 Å². The lowest BCUT2D eigenvalue weighted by Gasteiger charge is -2.34. The number of nitrogens with one attached hydrogen (secondary N) is 2. The van der Waals surface area contributed by atoms with Gasteiger partial charge in [0.2, 0.25) is 5.91 Å². The minimum absolute atomic E-state index is 0.00227. The molecular weight excluding hydrogens is 448 g/mol. The Labute approximate surface area is 204 Å². The molecule has 2 N–H and O–H groups in total. The second-order valence-corrected chi connectivity index (χ2v) is 8.95. The Morgan fingerprint density at radius 1 is 1.06 bits per heavy atom. The first-order valence-electron chi connectivity index (χ1n) is 11.7. The molecule has 0 radical (unpaired) electrons. The molecule has 186 valence electrons. The van der Waals surface area contributed by atoms with Crippen LogP contribution in [0, 0.1) is 5.92 Å². The molecule has 4 rings (SSSR count). The Kier molecular flexibility index (Phi) is 7.14. The van der Waals surface area contributed by atoms with Crippen molar-refractivity contribution in [3.63, 3.8) is 0 Å². The van der Waals surface area contributed by atoms with E-state index < -0.39 is 0 Å². The Balaban J connectivity index is 1.68. The van der Waals surface area contributed by atoms with Crippen molar-refractivity contribution in [3.05, 3.63) is 40.7 Å². The first-order valence-corrected chi connectivity index (χ1v) is 11.7. The van der Waals surface area contributed by atoms with Crippen LogP contribution in [0.25, 0.3) is 22.3 Å². The quantitative estimate of drug-likeness (QED) is 0.531. The Morgan fingerprint density at radius 3 is 2.40 bits per heavy atom. The highest BCUT2D eigenvalue weighted by Gasteiger charge is 2.25. The van der Waals surface area contributed by atoms with Gasteiger partial charge in [0.15, 0.2) is 0 Å². The van der Waals surface area contributed by atoms with Crippen molar-refractivity contribution in [2.75, 3.05) is 39.7 Å². The van der Waals surface area contributed by atoms with E-state index in [0.29, 0.717) is 47.1 Å². The van der Waals surface area contributed by atoms with Gasteiger partial charge in [-0.25, -0.2) is 4.98 Å². The standard InChI is InChI=1S/C26H32N4O5/c1-15(2)26(32)30-10-8-16(9-11-30)27-20-12-17(33-3)6-7-19(20)24-28-21-13-18(34-4)14-22(35-5)23(21)25(31)29-24/h6-7,12-16,27H,8-11H2,1-5H3,(H,28,29,31). The van der Waals surface area contributed by atoms with Crippen LogP contribution in [0.3, 0.4) is 0 Å². The molecule has 1 aliphatic rings. The first kappa shape index (κ1) is 24.4. The maximum absolute atomic E-state index is 13.0. The van der Waals surface area contributed by atoms with Gasteiger partial charge in [0.1, 0.15) is 28.5 Å². The summed E-state index contributed by atoms with van der Waals surface area (Å²) in [5, 5.41) is 3.96. The summed E-state index contributed by atoms with van der Waals surface area (Å²) >= 11 is 0. The predicted molar refractivity (Wildman–Crippen MR) is 136 cm³/mol. The van der Waals surface area contributed by atoms with Crippen LogP contribution in [0.5, 0.6) is 17.2 Å². The van der Waals surface area contributed by atoms with Gasteiger partial charge in [0.25, 0.3) is 5.56 Å². The third-order valence-corrected chi connectivity index (χ3v) is 6.34. The van der Waals surface area contributed by atoms with Gasteiger partial charge >= 0.3 is 0 Å². The monoisotopic (exact) mass is 480 g/mol. The van der Waals surface area contributed by atoms with Gasteiger partial charge in [-0.1, -0.05) is 13.8 Å². The predicted octanol–water partition coefficient (Wildman–Crippen LogP) is 3.67. The fourth-order valence-electron chi connectivity index (χ4n) is 4.42. The number of amides is 1. The van der Waals surface area contributed by atoms with Crippen molar-refractivity contribution in [1.82, 2.24) is 14.9 Å². The third kappa shape index (κ3) is 5.03. The number of nitrogens with zero attached hydrogens (tertiary/aromatic N) is 2. The molecule has 3 aromatic rings.